The fourth-order valence-electron chi connectivity index (χ4n) is 1.95. The van der Waals surface area contributed by atoms with Crippen molar-refractivity contribution in [1.29, 1.82) is 0 Å². The first-order chi connectivity index (χ1) is 10.1. The van der Waals surface area contributed by atoms with E-state index in [2.05, 4.69) is 11.9 Å². The Bertz CT molecular complexity index is 648. The number of primary amides is 1. The average Bonchev–Trinajstić information content (AvgIpc) is 2.53. The summed E-state index contributed by atoms with van der Waals surface area (Å²) in [6, 6.07) is 15.1. The van der Waals surface area contributed by atoms with Gasteiger partial charge in [-0.25, -0.2) is 0 Å². The lowest BCUT2D eigenvalue weighted by Gasteiger charge is -2.09. The van der Waals surface area contributed by atoms with Crippen LogP contribution in [0.3, 0.4) is 0 Å². The summed E-state index contributed by atoms with van der Waals surface area (Å²) in [6.07, 6.45) is 0. The lowest BCUT2D eigenvalue weighted by Crippen LogP contribution is -2.11. The smallest absolute Gasteiger partial charge is 0.248 e. The number of amides is 1. The Hall–Kier alpha value is -2.59. The van der Waals surface area contributed by atoms with Gasteiger partial charge in [0.05, 0.1) is 6.61 Å². The molecule has 0 fully saturated rings. The second-order valence-electron chi connectivity index (χ2n) is 4.75. The van der Waals surface area contributed by atoms with E-state index in [4.69, 9.17) is 10.8 Å². The van der Waals surface area contributed by atoms with Gasteiger partial charge in [-0.3, -0.25) is 4.79 Å². The van der Waals surface area contributed by atoms with E-state index in [1.807, 2.05) is 48.5 Å². The summed E-state index contributed by atoms with van der Waals surface area (Å²) < 4.78 is 0. The molecule has 0 aromatic heterocycles. The highest BCUT2D eigenvalue weighted by Gasteiger charge is 2.04. The summed E-state index contributed by atoms with van der Waals surface area (Å²) >= 11 is 0. The van der Waals surface area contributed by atoms with E-state index in [1.54, 1.807) is 0 Å². The maximum absolute atomic E-state index is 11.0. The molecule has 1 amide bonds. The molecule has 0 aliphatic rings. The van der Waals surface area contributed by atoms with Crippen molar-refractivity contribution in [2.45, 2.75) is 13.2 Å². The molecule has 0 saturated carbocycles. The molecule has 0 aliphatic heterocycles. The highest BCUT2D eigenvalue weighted by molar-refractivity contribution is 6.17. The summed E-state index contributed by atoms with van der Waals surface area (Å²) in [4.78, 5) is 11.0. The predicted octanol–water partition coefficient (Wildman–Crippen LogP) is 2.29. The van der Waals surface area contributed by atoms with Crippen molar-refractivity contribution in [1.82, 2.24) is 0 Å². The van der Waals surface area contributed by atoms with Gasteiger partial charge >= 0.3 is 0 Å². The quantitative estimate of drug-likeness (QED) is 0.712. The summed E-state index contributed by atoms with van der Waals surface area (Å²) in [6.45, 7) is 4.33. The molecule has 0 radical (unpaired) electrons. The molecular weight excluding hydrogens is 264 g/mol. The number of carbonyl (C=O) groups is 1. The van der Waals surface area contributed by atoms with Crippen molar-refractivity contribution in [3.8, 4) is 0 Å². The Labute approximate surface area is 123 Å². The van der Waals surface area contributed by atoms with Crippen LogP contribution in [-0.2, 0) is 17.9 Å². The van der Waals surface area contributed by atoms with Gasteiger partial charge in [-0.15, -0.1) is 0 Å². The third-order valence-electron chi connectivity index (χ3n) is 3.21. The Morgan fingerprint density at radius 2 is 1.86 bits per heavy atom. The van der Waals surface area contributed by atoms with E-state index >= 15 is 0 Å². The van der Waals surface area contributed by atoms with Gasteiger partial charge in [-0.1, -0.05) is 43.0 Å². The molecule has 0 saturated heterocycles. The zero-order chi connectivity index (χ0) is 15.2. The minimum Gasteiger partial charge on any atom is -0.392 e. The van der Waals surface area contributed by atoms with Gasteiger partial charge < -0.3 is 16.2 Å². The van der Waals surface area contributed by atoms with Gasteiger partial charge in [-0.05, 0) is 28.8 Å². The van der Waals surface area contributed by atoms with Crippen molar-refractivity contribution in [3.63, 3.8) is 0 Å². The number of benzene rings is 2. The first kappa shape index (κ1) is 14.8. The molecule has 21 heavy (non-hydrogen) atoms. The summed E-state index contributed by atoms with van der Waals surface area (Å²) in [5, 5.41) is 12.4. The van der Waals surface area contributed by atoms with Crippen LogP contribution < -0.4 is 11.1 Å². The molecule has 0 atom stereocenters. The van der Waals surface area contributed by atoms with Crippen molar-refractivity contribution >= 4 is 17.2 Å². The molecule has 0 heterocycles. The monoisotopic (exact) mass is 282 g/mol. The number of nitrogens with one attached hydrogen (secondary N) is 1. The van der Waals surface area contributed by atoms with Gasteiger partial charge in [-0.2, -0.15) is 0 Å². The van der Waals surface area contributed by atoms with Crippen molar-refractivity contribution in [2.75, 3.05) is 5.32 Å². The minimum atomic E-state index is -0.512. The summed E-state index contributed by atoms with van der Waals surface area (Å²) in [5.74, 6) is -0.512. The topological polar surface area (TPSA) is 75.4 Å². The molecule has 2 aromatic rings. The number of aliphatic hydroxyl groups is 1. The van der Waals surface area contributed by atoms with Crippen LogP contribution in [0, 0.1) is 0 Å². The highest BCUT2D eigenvalue weighted by atomic mass is 16.3. The molecule has 0 aliphatic carbocycles. The van der Waals surface area contributed by atoms with Crippen LogP contribution in [0.5, 0.6) is 0 Å². The minimum absolute atomic E-state index is 0.0272. The Morgan fingerprint density at radius 3 is 2.48 bits per heavy atom. The fourth-order valence-corrected chi connectivity index (χ4v) is 1.95. The molecule has 0 bridgehead atoms. The predicted molar refractivity (Wildman–Crippen MR) is 84.4 cm³/mol. The second-order valence-corrected chi connectivity index (χ2v) is 4.75. The SMILES string of the molecule is C=C(C(N)=O)c1ccc(CNc2cccc(CO)c2)cc1. The molecule has 2 aromatic carbocycles. The number of rotatable bonds is 6. The average molecular weight is 282 g/mol. The van der Waals surface area contributed by atoms with Crippen LogP contribution in [0.25, 0.3) is 5.57 Å². The number of nitrogens with two attached hydrogens (primary N) is 1. The fraction of sp³-hybridized carbons (Fsp3) is 0.118. The lowest BCUT2D eigenvalue weighted by molar-refractivity contribution is -0.112. The number of anilines is 1. The molecule has 2 rings (SSSR count). The van der Waals surface area contributed by atoms with Gasteiger partial charge in [0.1, 0.15) is 0 Å². The maximum atomic E-state index is 11.0. The van der Waals surface area contributed by atoms with Crippen LogP contribution >= 0.6 is 0 Å². The van der Waals surface area contributed by atoms with Crippen LogP contribution in [0.2, 0.25) is 0 Å². The largest absolute Gasteiger partial charge is 0.392 e. The molecule has 4 heteroatoms. The van der Waals surface area contributed by atoms with Crippen LogP contribution in [-0.4, -0.2) is 11.0 Å². The van der Waals surface area contributed by atoms with E-state index in [0.29, 0.717) is 12.1 Å². The van der Waals surface area contributed by atoms with Crippen molar-refractivity contribution in [3.05, 3.63) is 71.8 Å². The van der Waals surface area contributed by atoms with E-state index in [0.717, 1.165) is 22.4 Å². The van der Waals surface area contributed by atoms with Crippen LogP contribution in [0.15, 0.2) is 55.1 Å². The second kappa shape index (κ2) is 6.72. The van der Waals surface area contributed by atoms with Gasteiger partial charge in [0.2, 0.25) is 5.91 Å². The first-order valence-corrected chi connectivity index (χ1v) is 6.62. The van der Waals surface area contributed by atoms with Gasteiger partial charge in [0, 0.05) is 17.8 Å². The van der Waals surface area contributed by atoms with E-state index in [-0.39, 0.29) is 6.61 Å². The number of hydrogen-bond acceptors (Lipinski definition) is 3. The van der Waals surface area contributed by atoms with E-state index in [1.165, 1.54) is 0 Å². The van der Waals surface area contributed by atoms with Crippen molar-refractivity contribution in [2.24, 2.45) is 5.73 Å². The molecular formula is C17H18N2O2. The first-order valence-electron chi connectivity index (χ1n) is 6.62. The molecule has 4 N–H and O–H groups in total. The zero-order valence-electron chi connectivity index (χ0n) is 11.7. The maximum Gasteiger partial charge on any atom is 0.248 e. The van der Waals surface area contributed by atoms with Crippen LogP contribution in [0.1, 0.15) is 16.7 Å². The zero-order valence-corrected chi connectivity index (χ0v) is 11.7. The van der Waals surface area contributed by atoms with Gasteiger partial charge in [0.25, 0.3) is 0 Å². The summed E-state index contributed by atoms with van der Waals surface area (Å²) in [7, 11) is 0. The normalized spacial score (nSPS) is 10.1. The Morgan fingerprint density at radius 1 is 1.14 bits per heavy atom. The molecule has 108 valence electrons. The standard InChI is InChI=1S/C17H18N2O2/c1-12(17(18)21)15-7-5-13(6-8-15)10-19-16-4-2-3-14(9-16)11-20/h2-9,19-20H,1,10-11H2,(H2,18,21). The summed E-state index contributed by atoms with van der Waals surface area (Å²) in [5.41, 5.74) is 9.13. The number of carbonyl (C=O) groups excluding carboxylic acids is 1. The molecule has 0 unspecified atom stereocenters. The molecule has 0 spiro atoms. The third-order valence-corrected chi connectivity index (χ3v) is 3.21. The Kier molecular flexibility index (Phi) is 4.74. The van der Waals surface area contributed by atoms with E-state index < -0.39 is 5.91 Å². The van der Waals surface area contributed by atoms with E-state index in [9.17, 15) is 4.79 Å². The Balaban J connectivity index is 2.00. The van der Waals surface area contributed by atoms with Crippen molar-refractivity contribution < 1.29 is 9.90 Å². The molecule has 4 nitrogen and oxygen atoms in total. The third kappa shape index (κ3) is 3.94. The number of hydrogen-bond donors (Lipinski definition) is 3. The van der Waals surface area contributed by atoms with Gasteiger partial charge in [0.15, 0.2) is 0 Å². The highest BCUT2D eigenvalue weighted by Crippen LogP contribution is 2.15. The lowest BCUT2D eigenvalue weighted by atomic mass is 10.1. The number of aliphatic hydroxyl groups excluding tert-OH is 1. The van der Waals surface area contributed by atoms with Crippen LogP contribution in [0.4, 0.5) is 5.69 Å².